The van der Waals surface area contributed by atoms with Crippen LogP contribution in [0.5, 0.6) is 0 Å². The SMILES string of the molecule is CCNCC(C)S(=O)(=O)N1CCCC1C. The molecule has 0 radical (unpaired) electrons. The van der Waals surface area contributed by atoms with Crippen LogP contribution in [0.3, 0.4) is 0 Å². The minimum Gasteiger partial charge on any atom is -0.316 e. The molecule has 0 aromatic carbocycles. The average Bonchev–Trinajstić information content (AvgIpc) is 2.61. The van der Waals surface area contributed by atoms with Crippen LogP contribution in [0.25, 0.3) is 0 Å². The van der Waals surface area contributed by atoms with E-state index in [-0.39, 0.29) is 11.3 Å². The first-order valence-electron chi connectivity index (χ1n) is 5.71. The van der Waals surface area contributed by atoms with Crippen LogP contribution in [-0.4, -0.2) is 43.6 Å². The Labute approximate surface area is 93.1 Å². The summed E-state index contributed by atoms with van der Waals surface area (Å²) in [4.78, 5) is 0. The van der Waals surface area contributed by atoms with Gasteiger partial charge in [-0.1, -0.05) is 6.92 Å². The fourth-order valence-electron chi connectivity index (χ4n) is 1.97. The third kappa shape index (κ3) is 2.92. The van der Waals surface area contributed by atoms with Crippen LogP contribution in [0.1, 0.15) is 33.6 Å². The minimum atomic E-state index is -3.09. The molecular formula is C10H22N2O2S. The van der Waals surface area contributed by atoms with Crippen LogP contribution < -0.4 is 5.32 Å². The quantitative estimate of drug-likeness (QED) is 0.765. The molecule has 0 aromatic heterocycles. The summed E-state index contributed by atoms with van der Waals surface area (Å²) in [5, 5.41) is 2.77. The molecule has 5 heteroatoms. The van der Waals surface area contributed by atoms with Gasteiger partial charge in [-0.15, -0.1) is 0 Å². The summed E-state index contributed by atoms with van der Waals surface area (Å²) in [5.74, 6) is 0. The summed E-state index contributed by atoms with van der Waals surface area (Å²) in [6, 6.07) is 0.180. The van der Waals surface area contributed by atoms with E-state index >= 15 is 0 Å². The van der Waals surface area contributed by atoms with Gasteiger partial charge in [-0.05, 0) is 33.2 Å². The summed E-state index contributed by atoms with van der Waals surface area (Å²) in [5.41, 5.74) is 0. The van der Waals surface area contributed by atoms with E-state index in [1.54, 1.807) is 11.2 Å². The van der Waals surface area contributed by atoms with Crippen molar-refractivity contribution in [1.82, 2.24) is 9.62 Å². The molecule has 1 saturated heterocycles. The van der Waals surface area contributed by atoms with Crippen LogP contribution in [0, 0.1) is 0 Å². The molecule has 2 atom stereocenters. The van der Waals surface area contributed by atoms with Gasteiger partial charge >= 0.3 is 0 Å². The first-order chi connectivity index (χ1) is 7.00. The molecule has 2 unspecified atom stereocenters. The van der Waals surface area contributed by atoms with E-state index in [4.69, 9.17) is 0 Å². The van der Waals surface area contributed by atoms with Gasteiger partial charge in [-0.3, -0.25) is 0 Å². The largest absolute Gasteiger partial charge is 0.316 e. The Bertz CT molecular complexity index is 290. The average molecular weight is 234 g/mol. The highest BCUT2D eigenvalue weighted by Gasteiger charge is 2.34. The summed E-state index contributed by atoms with van der Waals surface area (Å²) < 4.78 is 25.9. The summed E-state index contributed by atoms with van der Waals surface area (Å²) in [6.07, 6.45) is 1.99. The summed E-state index contributed by atoms with van der Waals surface area (Å²) in [7, 11) is -3.09. The molecule has 0 aliphatic carbocycles. The minimum absolute atomic E-state index is 0.180. The highest BCUT2D eigenvalue weighted by atomic mass is 32.2. The highest BCUT2D eigenvalue weighted by Crippen LogP contribution is 2.22. The number of nitrogens with zero attached hydrogens (tertiary/aromatic N) is 1. The van der Waals surface area contributed by atoms with E-state index in [0.29, 0.717) is 13.1 Å². The van der Waals surface area contributed by atoms with Crippen molar-refractivity contribution in [1.29, 1.82) is 0 Å². The number of hydrogen-bond donors (Lipinski definition) is 1. The molecule has 0 amide bonds. The third-order valence-corrected chi connectivity index (χ3v) is 5.39. The lowest BCUT2D eigenvalue weighted by molar-refractivity contribution is 0.400. The zero-order chi connectivity index (χ0) is 11.5. The van der Waals surface area contributed by atoms with Gasteiger partial charge in [0, 0.05) is 19.1 Å². The predicted molar refractivity (Wildman–Crippen MR) is 62.3 cm³/mol. The van der Waals surface area contributed by atoms with Crippen molar-refractivity contribution in [3.8, 4) is 0 Å². The van der Waals surface area contributed by atoms with Gasteiger partial charge in [0.15, 0.2) is 0 Å². The Morgan fingerprint density at radius 2 is 2.20 bits per heavy atom. The fourth-order valence-corrected chi connectivity index (χ4v) is 3.75. The van der Waals surface area contributed by atoms with Gasteiger partial charge < -0.3 is 5.32 Å². The molecule has 1 aliphatic rings. The predicted octanol–water partition coefficient (Wildman–Crippen LogP) is 0.798. The Morgan fingerprint density at radius 1 is 1.53 bits per heavy atom. The maximum Gasteiger partial charge on any atom is 0.218 e. The van der Waals surface area contributed by atoms with Crippen LogP contribution >= 0.6 is 0 Å². The molecule has 15 heavy (non-hydrogen) atoms. The number of hydrogen-bond acceptors (Lipinski definition) is 3. The molecule has 1 heterocycles. The van der Waals surface area contributed by atoms with E-state index < -0.39 is 10.0 Å². The monoisotopic (exact) mass is 234 g/mol. The number of sulfonamides is 1. The Kier molecular flexibility index (Phi) is 4.55. The van der Waals surface area contributed by atoms with Crippen molar-refractivity contribution < 1.29 is 8.42 Å². The molecule has 1 fully saturated rings. The molecule has 0 spiro atoms. The summed E-state index contributed by atoms with van der Waals surface area (Å²) in [6.45, 7) is 7.81. The van der Waals surface area contributed by atoms with Crippen LogP contribution in [0.15, 0.2) is 0 Å². The maximum absolute atomic E-state index is 12.1. The van der Waals surface area contributed by atoms with E-state index in [1.165, 1.54) is 0 Å². The lowest BCUT2D eigenvalue weighted by Gasteiger charge is -2.25. The molecular weight excluding hydrogens is 212 g/mol. The van der Waals surface area contributed by atoms with Crippen molar-refractivity contribution in [3.63, 3.8) is 0 Å². The van der Waals surface area contributed by atoms with E-state index in [9.17, 15) is 8.42 Å². The molecule has 1 aliphatic heterocycles. The normalized spacial score (nSPS) is 25.7. The Hall–Kier alpha value is -0.130. The van der Waals surface area contributed by atoms with E-state index in [1.807, 2.05) is 13.8 Å². The smallest absolute Gasteiger partial charge is 0.218 e. The molecule has 0 saturated carbocycles. The Morgan fingerprint density at radius 3 is 2.67 bits per heavy atom. The zero-order valence-corrected chi connectivity index (χ0v) is 10.7. The van der Waals surface area contributed by atoms with Crippen molar-refractivity contribution in [2.24, 2.45) is 0 Å². The van der Waals surface area contributed by atoms with Gasteiger partial charge in [0.1, 0.15) is 0 Å². The van der Waals surface area contributed by atoms with Gasteiger partial charge in [-0.25, -0.2) is 8.42 Å². The first kappa shape index (κ1) is 12.9. The van der Waals surface area contributed by atoms with Crippen molar-refractivity contribution in [2.75, 3.05) is 19.6 Å². The first-order valence-corrected chi connectivity index (χ1v) is 7.21. The molecule has 1 rings (SSSR count). The highest BCUT2D eigenvalue weighted by molar-refractivity contribution is 7.89. The van der Waals surface area contributed by atoms with Crippen LogP contribution in [0.2, 0.25) is 0 Å². The lowest BCUT2D eigenvalue weighted by Crippen LogP contribution is -2.43. The van der Waals surface area contributed by atoms with Crippen molar-refractivity contribution in [3.05, 3.63) is 0 Å². The molecule has 1 N–H and O–H groups in total. The molecule has 0 bridgehead atoms. The second-order valence-corrected chi connectivity index (χ2v) is 6.57. The standard InChI is InChI=1S/C10H22N2O2S/c1-4-11-8-10(3)15(13,14)12-7-5-6-9(12)2/h9-11H,4-8H2,1-3H3. The second kappa shape index (κ2) is 5.27. The van der Waals surface area contributed by atoms with E-state index in [0.717, 1.165) is 19.4 Å². The van der Waals surface area contributed by atoms with Gasteiger partial charge in [0.25, 0.3) is 0 Å². The number of rotatable bonds is 5. The van der Waals surface area contributed by atoms with Gasteiger partial charge in [0.05, 0.1) is 5.25 Å². The van der Waals surface area contributed by atoms with E-state index in [2.05, 4.69) is 5.32 Å². The van der Waals surface area contributed by atoms with Crippen molar-refractivity contribution >= 4 is 10.0 Å². The molecule has 0 aromatic rings. The van der Waals surface area contributed by atoms with Gasteiger partial charge in [-0.2, -0.15) is 4.31 Å². The second-order valence-electron chi connectivity index (χ2n) is 4.27. The third-order valence-electron chi connectivity index (χ3n) is 3.01. The van der Waals surface area contributed by atoms with Crippen molar-refractivity contribution in [2.45, 2.75) is 44.9 Å². The topological polar surface area (TPSA) is 49.4 Å². The molecule has 4 nitrogen and oxygen atoms in total. The Balaban J connectivity index is 2.64. The van der Waals surface area contributed by atoms with Gasteiger partial charge in [0.2, 0.25) is 10.0 Å². The zero-order valence-electron chi connectivity index (χ0n) is 9.86. The maximum atomic E-state index is 12.1. The van der Waals surface area contributed by atoms with Crippen LogP contribution in [0.4, 0.5) is 0 Å². The fraction of sp³-hybridized carbons (Fsp3) is 1.00. The molecule has 90 valence electrons. The number of nitrogens with one attached hydrogen (secondary N) is 1. The van der Waals surface area contributed by atoms with Crippen LogP contribution in [-0.2, 0) is 10.0 Å². The summed E-state index contributed by atoms with van der Waals surface area (Å²) >= 11 is 0. The lowest BCUT2D eigenvalue weighted by atomic mass is 10.3.